The Morgan fingerprint density at radius 2 is 2.12 bits per heavy atom. The average molecular weight is 384 g/mol. The predicted molar refractivity (Wildman–Crippen MR) is 105 cm³/mol. The molecule has 0 amide bonds. The molecule has 0 unspecified atom stereocenters. The van der Waals surface area contributed by atoms with Crippen LogP contribution < -0.4 is 5.32 Å². The number of anilines is 1. The van der Waals surface area contributed by atoms with Gasteiger partial charge in [0.25, 0.3) is 0 Å². The fraction of sp³-hybridized carbons (Fsp3) is 0.556. The van der Waals surface area contributed by atoms with Gasteiger partial charge >= 0.3 is 5.97 Å². The zero-order valence-corrected chi connectivity index (χ0v) is 16.6. The van der Waals surface area contributed by atoms with Gasteiger partial charge in [-0.15, -0.1) is 23.7 Å². The van der Waals surface area contributed by atoms with E-state index in [4.69, 9.17) is 9.72 Å². The van der Waals surface area contributed by atoms with Crippen molar-refractivity contribution in [2.75, 3.05) is 12.4 Å². The number of aryl methyl sites for hydroxylation is 1. The van der Waals surface area contributed by atoms with Crippen LogP contribution in [-0.4, -0.2) is 28.7 Å². The first-order chi connectivity index (χ1) is 11.6. The van der Waals surface area contributed by atoms with Crippen LogP contribution in [0.5, 0.6) is 0 Å². The molecule has 0 spiro atoms. The number of thiazole rings is 1. The van der Waals surface area contributed by atoms with Crippen molar-refractivity contribution in [2.24, 2.45) is 0 Å². The highest BCUT2D eigenvalue weighted by Gasteiger charge is 2.18. The SMILES string of the molecule is COC(=O)CCn1c(C)cc(-c2csc(NC3CCCC3)n2)c1C.Cl. The summed E-state index contributed by atoms with van der Waals surface area (Å²) in [5, 5.41) is 6.68. The second kappa shape index (κ2) is 8.72. The van der Waals surface area contributed by atoms with E-state index in [0.29, 0.717) is 19.0 Å². The zero-order chi connectivity index (χ0) is 17.1. The van der Waals surface area contributed by atoms with Gasteiger partial charge in [-0.1, -0.05) is 12.8 Å². The highest BCUT2D eigenvalue weighted by Crippen LogP contribution is 2.31. The van der Waals surface area contributed by atoms with Crippen molar-refractivity contribution in [3.05, 3.63) is 22.8 Å². The van der Waals surface area contributed by atoms with Gasteiger partial charge in [0.15, 0.2) is 5.13 Å². The summed E-state index contributed by atoms with van der Waals surface area (Å²) in [5.74, 6) is -0.180. The summed E-state index contributed by atoms with van der Waals surface area (Å²) in [6.07, 6.45) is 5.51. The lowest BCUT2D eigenvalue weighted by Crippen LogP contribution is -2.14. The van der Waals surface area contributed by atoms with Gasteiger partial charge in [-0.2, -0.15) is 0 Å². The molecule has 0 saturated heterocycles. The molecule has 5 nitrogen and oxygen atoms in total. The highest BCUT2D eigenvalue weighted by atomic mass is 35.5. The van der Waals surface area contributed by atoms with E-state index >= 15 is 0 Å². The summed E-state index contributed by atoms with van der Waals surface area (Å²) in [4.78, 5) is 16.2. The molecule has 1 N–H and O–H groups in total. The molecule has 0 aliphatic heterocycles. The van der Waals surface area contributed by atoms with E-state index in [1.165, 1.54) is 32.8 Å². The van der Waals surface area contributed by atoms with Crippen LogP contribution in [0.15, 0.2) is 11.4 Å². The van der Waals surface area contributed by atoms with Gasteiger partial charge in [-0.25, -0.2) is 4.98 Å². The minimum atomic E-state index is -0.180. The smallest absolute Gasteiger partial charge is 0.307 e. The predicted octanol–water partition coefficient (Wildman–Crippen LogP) is 4.57. The highest BCUT2D eigenvalue weighted by molar-refractivity contribution is 7.14. The first-order valence-corrected chi connectivity index (χ1v) is 9.42. The number of ether oxygens (including phenoxy) is 1. The molecule has 1 aliphatic rings. The molecular weight excluding hydrogens is 358 g/mol. The van der Waals surface area contributed by atoms with Crippen molar-refractivity contribution in [2.45, 2.75) is 58.5 Å². The fourth-order valence-corrected chi connectivity index (χ4v) is 4.21. The summed E-state index contributed by atoms with van der Waals surface area (Å²) in [5.41, 5.74) is 4.45. The molecule has 2 aromatic heterocycles. The van der Waals surface area contributed by atoms with Crippen LogP contribution in [0.3, 0.4) is 0 Å². The largest absolute Gasteiger partial charge is 0.469 e. The maximum atomic E-state index is 11.4. The number of hydrogen-bond donors (Lipinski definition) is 1. The Morgan fingerprint density at radius 1 is 1.40 bits per heavy atom. The number of aromatic nitrogens is 2. The first-order valence-electron chi connectivity index (χ1n) is 8.54. The molecule has 1 aliphatic carbocycles. The van der Waals surface area contributed by atoms with Crippen LogP contribution in [0, 0.1) is 13.8 Å². The normalized spacial score (nSPS) is 14.4. The molecule has 25 heavy (non-hydrogen) atoms. The quantitative estimate of drug-likeness (QED) is 0.742. The third-order valence-corrected chi connectivity index (χ3v) is 5.58. The van der Waals surface area contributed by atoms with E-state index in [2.05, 4.69) is 35.2 Å². The molecule has 2 aromatic rings. The lowest BCUT2D eigenvalue weighted by molar-refractivity contribution is -0.140. The number of methoxy groups -OCH3 is 1. The average Bonchev–Trinajstić information content (AvgIpc) is 3.29. The van der Waals surface area contributed by atoms with E-state index < -0.39 is 0 Å². The van der Waals surface area contributed by atoms with E-state index in [1.54, 1.807) is 11.3 Å². The van der Waals surface area contributed by atoms with Crippen LogP contribution >= 0.6 is 23.7 Å². The molecule has 2 heterocycles. The molecule has 3 rings (SSSR count). The Bertz CT molecular complexity index is 720. The third-order valence-electron chi connectivity index (χ3n) is 4.80. The standard InChI is InChI=1S/C18H25N3O2S.ClH/c1-12-10-15(13(2)21(12)9-8-17(22)23-3)16-11-24-18(20-16)19-14-6-4-5-7-14;/h10-11,14H,4-9H2,1-3H3,(H,19,20);1H. The van der Waals surface area contributed by atoms with Crippen LogP contribution in [0.2, 0.25) is 0 Å². The Morgan fingerprint density at radius 3 is 2.80 bits per heavy atom. The fourth-order valence-electron chi connectivity index (χ4n) is 3.42. The third kappa shape index (κ3) is 4.55. The van der Waals surface area contributed by atoms with Gasteiger partial charge in [0.1, 0.15) is 0 Å². The molecule has 1 saturated carbocycles. The minimum absolute atomic E-state index is 0. The van der Waals surface area contributed by atoms with Gasteiger partial charge in [0.2, 0.25) is 0 Å². The van der Waals surface area contributed by atoms with Gasteiger partial charge in [0.05, 0.1) is 19.2 Å². The van der Waals surface area contributed by atoms with Crippen molar-refractivity contribution < 1.29 is 9.53 Å². The molecule has 0 aromatic carbocycles. The van der Waals surface area contributed by atoms with Gasteiger partial charge < -0.3 is 14.6 Å². The van der Waals surface area contributed by atoms with Gasteiger partial charge in [0, 0.05) is 34.9 Å². The number of esters is 1. The molecule has 0 atom stereocenters. The number of rotatable bonds is 6. The topological polar surface area (TPSA) is 56.1 Å². The zero-order valence-electron chi connectivity index (χ0n) is 15.0. The van der Waals surface area contributed by atoms with Crippen molar-refractivity contribution in [3.63, 3.8) is 0 Å². The van der Waals surface area contributed by atoms with E-state index in [9.17, 15) is 4.79 Å². The van der Waals surface area contributed by atoms with Crippen molar-refractivity contribution >= 4 is 34.8 Å². The minimum Gasteiger partial charge on any atom is -0.469 e. The van der Waals surface area contributed by atoms with Crippen LogP contribution in [0.25, 0.3) is 11.3 Å². The Labute approximate surface area is 159 Å². The van der Waals surface area contributed by atoms with E-state index in [1.807, 2.05) is 0 Å². The van der Waals surface area contributed by atoms with Crippen molar-refractivity contribution in [3.8, 4) is 11.3 Å². The monoisotopic (exact) mass is 383 g/mol. The maximum absolute atomic E-state index is 11.4. The summed E-state index contributed by atoms with van der Waals surface area (Å²) in [7, 11) is 1.43. The summed E-state index contributed by atoms with van der Waals surface area (Å²) in [6.45, 7) is 4.79. The molecule has 0 bridgehead atoms. The molecule has 0 radical (unpaired) electrons. The second-order valence-corrected chi connectivity index (χ2v) is 7.28. The number of carbonyl (C=O) groups is 1. The molecule has 7 heteroatoms. The number of halogens is 1. The molecular formula is C18H26ClN3O2S. The van der Waals surface area contributed by atoms with Crippen LogP contribution in [-0.2, 0) is 16.1 Å². The van der Waals surface area contributed by atoms with Crippen molar-refractivity contribution in [1.82, 2.24) is 9.55 Å². The summed E-state index contributed by atoms with van der Waals surface area (Å²) >= 11 is 1.67. The number of carbonyl (C=O) groups excluding carboxylic acids is 1. The number of hydrogen-bond acceptors (Lipinski definition) is 5. The van der Waals surface area contributed by atoms with E-state index in [0.717, 1.165) is 27.8 Å². The Balaban J connectivity index is 0.00000225. The lowest BCUT2D eigenvalue weighted by Gasteiger charge is -2.09. The second-order valence-electron chi connectivity index (χ2n) is 6.43. The van der Waals surface area contributed by atoms with Crippen LogP contribution in [0.1, 0.15) is 43.5 Å². The Hall–Kier alpha value is -1.53. The van der Waals surface area contributed by atoms with Crippen molar-refractivity contribution in [1.29, 1.82) is 0 Å². The lowest BCUT2D eigenvalue weighted by atomic mass is 10.2. The van der Waals surface area contributed by atoms with E-state index in [-0.39, 0.29) is 18.4 Å². The maximum Gasteiger partial charge on any atom is 0.307 e. The molecule has 138 valence electrons. The van der Waals surface area contributed by atoms with Crippen LogP contribution in [0.4, 0.5) is 5.13 Å². The number of nitrogens with one attached hydrogen (secondary N) is 1. The first kappa shape index (κ1) is 19.8. The number of nitrogens with zero attached hydrogens (tertiary/aromatic N) is 2. The van der Waals surface area contributed by atoms with Gasteiger partial charge in [-0.05, 0) is 32.8 Å². The Kier molecular flexibility index (Phi) is 6.90. The summed E-state index contributed by atoms with van der Waals surface area (Å²) < 4.78 is 6.90. The molecule has 1 fully saturated rings. The van der Waals surface area contributed by atoms with Gasteiger partial charge in [-0.3, -0.25) is 4.79 Å². The summed E-state index contributed by atoms with van der Waals surface area (Å²) in [6, 6.07) is 2.73.